The van der Waals surface area contributed by atoms with Gasteiger partial charge >= 0.3 is 23.9 Å². The molecule has 208 valence electrons. The van der Waals surface area contributed by atoms with E-state index in [4.69, 9.17) is 44.8 Å². The molecular weight excluding hydrogens is 526 g/mol. The van der Waals surface area contributed by atoms with Crippen molar-refractivity contribution in [2.24, 2.45) is 0 Å². The number of methoxy groups -OCH3 is 1. The maximum Gasteiger partial charge on any atom is 0.303 e. The molecule has 1 N–H and O–H groups in total. The minimum atomic E-state index is -1.41. The average Bonchev–Trinajstić information content (AvgIpc) is 2.79. The Bertz CT molecular complexity index is 1100. The van der Waals surface area contributed by atoms with Crippen molar-refractivity contribution >= 4 is 41.2 Å². The molecule has 0 aliphatic carbocycles. The second-order valence-electron chi connectivity index (χ2n) is 8.54. The summed E-state index contributed by atoms with van der Waals surface area (Å²) >= 11 is 6.69. The maximum atomic E-state index is 12.0. The molecule has 1 aromatic carbocycles. The Morgan fingerprint density at radius 3 is 2.05 bits per heavy atom. The summed E-state index contributed by atoms with van der Waals surface area (Å²) < 4.78 is 38.9. The first-order valence-electron chi connectivity index (χ1n) is 11.7. The molecule has 12 nitrogen and oxygen atoms in total. The Kier molecular flexibility index (Phi) is 9.95. The van der Waals surface area contributed by atoms with Crippen molar-refractivity contribution in [1.29, 1.82) is 0 Å². The van der Waals surface area contributed by atoms with Gasteiger partial charge in [-0.15, -0.1) is 0 Å². The quantitative estimate of drug-likeness (QED) is 0.269. The predicted octanol–water partition coefficient (Wildman–Crippen LogP) is 1.76. The van der Waals surface area contributed by atoms with Gasteiger partial charge in [-0.1, -0.05) is 17.7 Å². The second kappa shape index (κ2) is 12.9. The minimum Gasteiger partial charge on any atom is -0.496 e. The largest absolute Gasteiger partial charge is 0.496 e. The van der Waals surface area contributed by atoms with Gasteiger partial charge in [-0.2, -0.15) is 0 Å². The Hall–Kier alpha value is -3.35. The summed E-state index contributed by atoms with van der Waals surface area (Å²) in [5, 5.41) is 3.33. The Balaban J connectivity index is 2.02. The molecule has 0 radical (unpaired) electrons. The lowest BCUT2D eigenvalue weighted by Gasteiger charge is -2.44. The summed E-state index contributed by atoms with van der Waals surface area (Å²) in [5.74, 6) is -2.12. The van der Waals surface area contributed by atoms with Crippen molar-refractivity contribution in [1.82, 2.24) is 5.32 Å². The lowest BCUT2D eigenvalue weighted by atomic mass is 9.98. The lowest BCUT2D eigenvalue weighted by molar-refractivity contribution is -0.288. The average molecular weight is 556 g/mol. The molecule has 13 heteroatoms. The molecule has 1 aromatic rings. The smallest absolute Gasteiger partial charge is 0.303 e. The van der Waals surface area contributed by atoms with Crippen molar-refractivity contribution < 1.29 is 52.3 Å². The van der Waals surface area contributed by atoms with Gasteiger partial charge in [0.25, 0.3) is 0 Å². The van der Waals surface area contributed by atoms with Gasteiger partial charge in [0.2, 0.25) is 12.4 Å². The van der Waals surface area contributed by atoms with Crippen LogP contribution in [0.5, 0.6) is 5.75 Å². The van der Waals surface area contributed by atoms with Crippen LogP contribution in [-0.4, -0.2) is 81.4 Å². The summed E-state index contributed by atoms with van der Waals surface area (Å²) in [5.41, 5.74) is 1.58. The van der Waals surface area contributed by atoms with E-state index < -0.39 is 54.6 Å². The van der Waals surface area contributed by atoms with E-state index >= 15 is 0 Å². The van der Waals surface area contributed by atoms with Crippen LogP contribution < -0.4 is 10.1 Å². The van der Waals surface area contributed by atoms with E-state index in [0.717, 1.165) is 26.3 Å². The van der Waals surface area contributed by atoms with Gasteiger partial charge in [0.1, 0.15) is 24.2 Å². The number of halogens is 1. The molecule has 0 saturated carbocycles. The van der Waals surface area contributed by atoms with Crippen LogP contribution in [-0.2, 0) is 47.6 Å². The highest BCUT2D eigenvalue weighted by atomic mass is 35.5. The molecule has 2 aliphatic heterocycles. The SMILES string of the molecule is COC(=C1CNC1)c1cccc(OC2OC(COC(C)=O)C(OC(C)=O)C(OC(C)=O)C2OC(C)=O)c1Cl. The van der Waals surface area contributed by atoms with Crippen LogP contribution in [0.25, 0.3) is 5.76 Å². The molecule has 2 saturated heterocycles. The van der Waals surface area contributed by atoms with Crippen molar-refractivity contribution in [3.63, 3.8) is 0 Å². The zero-order valence-corrected chi connectivity index (χ0v) is 22.4. The Labute approximate surface area is 224 Å². The maximum absolute atomic E-state index is 12.0. The van der Waals surface area contributed by atoms with Gasteiger partial charge < -0.3 is 38.5 Å². The zero-order valence-electron chi connectivity index (χ0n) is 21.6. The lowest BCUT2D eigenvalue weighted by Crippen LogP contribution is -2.63. The fourth-order valence-electron chi connectivity index (χ4n) is 4.04. The van der Waals surface area contributed by atoms with Gasteiger partial charge in [0, 0.05) is 51.9 Å². The van der Waals surface area contributed by atoms with Gasteiger partial charge in [-0.3, -0.25) is 19.2 Å². The molecule has 0 aromatic heterocycles. The fourth-order valence-corrected chi connectivity index (χ4v) is 4.30. The first-order chi connectivity index (χ1) is 18.0. The number of nitrogens with one attached hydrogen (secondary N) is 1. The zero-order chi connectivity index (χ0) is 28.0. The summed E-state index contributed by atoms with van der Waals surface area (Å²) in [7, 11) is 1.53. The van der Waals surface area contributed by atoms with Crippen LogP contribution in [0.15, 0.2) is 23.8 Å². The number of rotatable bonds is 9. The van der Waals surface area contributed by atoms with Crippen molar-refractivity contribution in [3.8, 4) is 5.75 Å². The van der Waals surface area contributed by atoms with Crippen molar-refractivity contribution in [2.45, 2.75) is 58.4 Å². The topological polar surface area (TPSA) is 145 Å². The van der Waals surface area contributed by atoms with Crippen molar-refractivity contribution in [3.05, 3.63) is 34.4 Å². The Morgan fingerprint density at radius 2 is 1.53 bits per heavy atom. The van der Waals surface area contributed by atoms with Crippen molar-refractivity contribution in [2.75, 3.05) is 26.8 Å². The van der Waals surface area contributed by atoms with Crippen LogP contribution in [0.2, 0.25) is 5.02 Å². The third-order valence-electron chi connectivity index (χ3n) is 5.60. The minimum absolute atomic E-state index is 0.146. The summed E-state index contributed by atoms with van der Waals surface area (Å²) in [4.78, 5) is 47.4. The normalized spacial score (nSPS) is 24.4. The van der Waals surface area contributed by atoms with Crippen LogP contribution in [0, 0.1) is 0 Å². The standard InChI is InChI=1S/C25H30ClNO11/c1-12(28)33-11-19-22(34-13(2)29)23(35-14(3)30)24(36-15(4)31)25(38-19)37-18-8-6-7-17(20(18)26)21(32-5)16-9-27-10-16/h6-8,19,22-25,27H,9-11H2,1-5H3. The molecule has 2 fully saturated rings. The monoisotopic (exact) mass is 555 g/mol. The highest BCUT2D eigenvalue weighted by Crippen LogP contribution is 2.38. The van der Waals surface area contributed by atoms with Gasteiger partial charge in [0.15, 0.2) is 12.2 Å². The number of hydrogen-bond donors (Lipinski definition) is 1. The number of hydrogen-bond acceptors (Lipinski definition) is 12. The van der Waals surface area contributed by atoms with E-state index in [2.05, 4.69) is 5.32 Å². The summed E-state index contributed by atoms with van der Waals surface area (Å²) in [6.45, 7) is 5.52. The van der Waals surface area contributed by atoms with E-state index in [1.54, 1.807) is 18.2 Å². The molecule has 38 heavy (non-hydrogen) atoms. The van der Waals surface area contributed by atoms with Gasteiger partial charge in [-0.25, -0.2) is 0 Å². The first kappa shape index (κ1) is 29.2. The molecule has 0 amide bonds. The number of carbonyl (C=O) groups is 4. The highest BCUT2D eigenvalue weighted by Gasteiger charge is 2.53. The molecule has 0 bridgehead atoms. The molecule has 0 spiro atoms. The molecule has 3 rings (SSSR count). The van der Waals surface area contributed by atoms with Crippen LogP contribution in [0.1, 0.15) is 33.3 Å². The van der Waals surface area contributed by atoms with E-state index in [9.17, 15) is 19.2 Å². The molecule has 2 heterocycles. The summed E-state index contributed by atoms with van der Waals surface area (Å²) in [6, 6.07) is 5.01. The second-order valence-corrected chi connectivity index (χ2v) is 8.92. The highest BCUT2D eigenvalue weighted by molar-refractivity contribution is 6.33. The molecule has 2 aliphatic rings. The van der Waals surface area contributed by atoms with E-state index in [0.29, 0.717) is 24.4 Å². The first-order valence-corrected chi connectivity index (χ1v) is 12.1. The van der Waals surface area contributed by atoms with E-state index in [-0.39, 0.29) is 17.4 Å². The number of ether oxygens (including phenoxy) is 7. The number of benzene rings is 1. The van der Waals surface area contributed by atoms with E-state index in [1.807, 2.05) is 0 Å². The predicted molar refractivity (Wildman–Crippen MR) is 131 cm³/mol. The number of carbonyl (C=O) groups excluding carboxylic acids is 4. The Morgan fingerprint density at radius 1 is 0.921 bits per heavy atom. The molecule has 5 unspecified atom stereocenters. The number of esters is 4. The van der Waals surface area contributed by atoms with Crippen LogP contribution >= 0.6 is 11.6 Å². The van der Waals surface area contributed by atoms with Gasteiger partial charge in [0.05, 0.1) is 12.1 Å². The summed E-state index contributed by atoms with van der Waals surface area (Å²) in [6.07, 6.45) is -6.60. The van der Waals surface area contributed by atoms with Crippen LogP contribution in [0.3, 0.4) is 0 Å². The fraction of sp³-hybridized carbons (Fsp3) is 0.520. The van der Waals surface area contributed by atoms with Gasteiger partial charge in [-0.05, 0) is 12.1 Å². The van der Waals surface area contributed by atoms with Crippen LogP contribution in [0.4, 0.5) is 0 Å². The van der Waals surface area contributed by atoms with E-state index in [1.165, 1.54) is 14.0 Å². The molecular formula is C25H30ClNO11. The molecule has 5 atom stereocenters. The third-order valence-corrected chi connectivity index (χ3v) is 5.99. The third kappa shape index (κ3) is 7.15.